The Labute approximate surface area is 116 Å². The van der Waals surface area contributed by atoms with Crippen molar-refractivity contribution in [3.63, 3.8) is 0 Å². The summed E-state index contributed by atoms with van der Waals surface area (Å²) >= 11 is 1.86. The highest BCUT2D eigenvalue weighted by Crippen LogP contribution is 2.13. The van der Waals surface area contributed by atoms with Gasteiger partial charge in [0, 0.05) is 17.5 Å². The number of hydrogen-bond donors (Lipinski definition) is 1. The maximum absolute atomic E-state index is 3.51. The third-order valence-corrected chi connectivity index (χ3v) is 3.88. The fraction of sp³-hybridized carbons (Fsp3) is 0.733. The van der Waals surface area contributed by atoms with Crippen LogP contribution in [0, 0.1) is 5.92 Å². The van der Waals surface area contributed by atoms with Gasteiger partial charge in [-0.05, 0) is 57.3 Å². The molecule has 3 heteroatoms. The van der Waals surface area contributed by atoms with Crippen molar-refractivity contribution in [2.24, 2.45) is 5.92 Å². The van der Waals surface area contributed by atoms with Gasteiger partial charge >= 0.3 is 0 Å². The second kappa shape index (κ2) is 8.68. The third kappa shape index (κ3) is 6.53. The minimum Gasteiger partial charge on any atom is -0.316 e. The Kier molecular flexibility index (Phi) is 7.56. The largest absolute Gasteiger partial charge is 0.316 e. The van der Waals surface area contributed by atoms with Crippen LogP contribution in [0.3, 0.4) is 0 Å². The lowest BCUT2D eigenvalue weighted by molar-refractivity contribution is 0.211. The van der Waals surface area contributed by atoms with Crippen LogP contribution in [0.25, 0.3) is 0 Å². The molecular formula is C15H28N2S. The Bertz CT molecular complexity index is 293. The van der Waals surface area contributed by atoms with Gasteiger partial charge < -0.3 is 5.32 Å². The van der Waals surface area contributed by atoms with Gasteiger partial charge in [0.25, 0.3) is 0 Å². The molecule has 18 heavy (non-hydrogen) atoms. The van der Waals surface area contributed by atoms with E-state index < -0.39 is 0 Å². The van der Waals surface area contributed by atoms with Crippen molar-refractivity contribution in [1.29, 1.82) is 0 Å². The molecule has 1 aromatic heterocycles. The number of hydrogen-bond acceptors (Lipinski definition) is 3. The van der Waals surface area contributed by atoms with Crippen molar-refractivity contribution in [3.8, 4) is 0 Å². The van der Waals surface area contributed by atoms with Crippen molar-refractivity contribution >= 4 is 11.3 Å². The Hall–Kier alpha value is -0.380. The standard InChI is InChI=1S/C15H28N2S/c1-13(2)11-16-8-6-9-17(14(3)4)12-15-7-5-10-18-15/h5,7,10,13-14,16H,6,8-9,11-12H2,1-4H3. The van der Waals surface area contributed by atoms with E-state index in [0.29, 0.717) is 6.04 Å². The predicted octanol–water partition coefficient (Wildman–Crippen LogP) is 3.59. The highest BCUT2D eigenvalue weighted by atomic mass is 32.1. The van der Waals surface area contributed by atoms with E-state index in [2.05, 4.69) is 55.4 Å². The molecule has 0 atom stereocenters. The minimum absolute atomic E-state index is 0.622. The van der Waals surface area contributed by atoms with Crippen LogP contribution in [-0.4, -0.2) is 30.6 Å². The first kappa shape index (κ1) is 15.7. The quantitative estimate of drug-likeness (QED) is 0.689. The molecule has 104 valence electrons. The smallest absolute Gasteiger partial charge is 0.0330 e. The van der Waals surface area contributed by atoms with Crippen LogP contribution in [0.5, 0.6) is 0 Å². The molecule has 0 bridgehead atoms. The highest BCUT2D eigenvalue weighted by molar-refractivity contribution is 7.09. The molecule has 0 unspecified atom stereocenters. The summed E-state index contributed by atoms with van der Waals surface area (Å²) in [6, 6.07) is 5.00. The molecule has 0 aliphatic rings. The van der Waals surface area contributed by atoms with Gasteiger partial charge in [-0.25, -0.2) is 0 Å². The zero-order chi connectivity index (χ0) is 13.4. The summed E-state index contributed by atoms with van der Waals surface area (Å²) in [5.74, 6) is 0.748. The fourth-order valence-corrected chi connectivity index (χ4v) is 2.65. The van der Waals surface area contributed by atoms with Crippen LogP contribution in [0.4, 0.5) is 0 Å². The number of nitrogens with zero attached hydrogens (tertiary/aromatic N) is 1. The summed E-state index contributed by atoms with van der Waals surface area (Å²) in [7, 11) is 0. The number of nitrogens with one attached hydrogen (secondary N) is 1. The van der Waals surface area contributed by atoms with Gasteiger partial charge in [-0.15, -0.1) is 11.3 Å². The average molecular weight is 268 g/mol. The van der Waals surface area contributed by atoms with Crippen LogP contribution < -0.4 is 5.32 Å². The van der Waals surface area contributed by atoms with E-state index in [9.17, 15) is 0 Å². The van der Waals surface area contributed by atoms with Crippen LogP contribution in [0.15, 0.2) is 17.5 Å². The molecule has 1 aromatic rings. The van der Waals surface area contributed by atoms with E-state index in [4.69, 9.17) is 0 Å². The molecule has 2 nitrogen and oxygen atoms in total. The molecular weight excluding hydrogens is 240 g/mol. The van der Waals surface area contributed by atoms with Crippen molar-refractivity contribution < 1.29 is 0 Å². The van der Waals surface area contributed by atoms with E-state index in [1.807, 2.05) is 11.3 Å². The summed E-state index contributed by atoms with van der Waals surface area (Å²) in [5.41, 5.74) is 0. The summed E-state index contributed by atoms with van der Waals surface area (Å²) in [4.78, 5) is 4.03. The van der Waals surface area contributed by atoms with Crippen molar-refractivity contribution in [3.05, 3.63) is 22.4 Å². The lowest BCUT2D eigenvalue weighted by atomic mass is 10.2. The van der Waals surface area contributed by atoms with Crippen molar-refractivity contribution in [1.82, 2.24) is 10.2 Å². The molecule has 0 spiro atoms. The summed E-state index contributed by atoms with van der Waals surface area (Å²) in [6.45, 7) is 13.6. The first-order chi connectivity index (χ1) is 8.59. The highest BCUT2D eigenvalue weighted by Gasteiger charge is 2.10. The van der Waals surface area contributed by atoms with E-state index in [1.165, 1.54) is 17.8 Å². The maximum Gasteiger partial charge on any atom is 0.0330 e. The van der Waals surface area contributed by atoms with Crippen LogP contribution in [-0.2, 0) is 6.54 Å². The summed E-state index contributed by atoms with van der Waals surface area (Å²) in [5, 5.41) is 5.68. The predicted molar refractivity (Wildman–Crippen MR) is 82.2 cm³/mol. The van der Waals surface area contributed by atoms with Gasteiger partial charge in [-0.1, -0.05) is 19.9 Å². The minimum atomic E-state index is 0.622. The third-order valence-electron chi connectivity index (χ3n) is 3.02. The van der Waals surface area contributed by atoms with Gasteiger partial charge in [0.05, 0.1) is 0 Å². The molecule has 0 saturated carbocycles. The topological polar surface area (TPSA) is 15.3 Å². The maximum atomic E-state index is 3.51. The van der Waals surface area contributed by atoms with Crippen LogP contribution >= 0.6 is 11.3 Å². The monoisotopic (exact) mass is 268 g/mol. The zero-order valence-corrected chi connectivity index (χ0v) is 13.1. The molecule has 1 rings (SSSR count). The SMILES string of the molecule is CC(C)CNCCCN(Cc1cccs1)C(C)C. The molecule has 1 heterocycles. The second-order valence-electron chi connectivity index (χ2n) is 5.60. The molecule has 0 aromatic carbocycles. The van der Waals surface area contributed by atoms with Crippen LogP contribution in [0.2, 0.25) is 0 Å². The van der Waals surface area contributed by atoms with Crippen LogP contribution in [0.1, 0.15) is 39.0 Å². The fourth-order valence-electron chi connectivity index (χ4n) is 1.92. The first-order valence-corrected chi connectivity index (χ1v) is 7.94. The average Bonchev–Trinajstić information content (AvgIpc) is 2.79. The molecule has 0 saturated heterocycles. The number of thiophene rings is 1. The van der Waals surface area contributed by atoms with E-state index >= 15 is 0 Å². The Balaban J connectivity index is 2.22. The molecule has 0 fully saturated rings. The normalized spacial score (nSPS) is 11.9. The second-order valence-corrected chi connectivity index (χ2v) is 6.63. The molecule has 0 radical (unpaired) electrons. The van der Waals surface area contributed by atoms with E-state index in [1.54, 1.807) is 0 Å². The van der Waals surface area contributed by atoms with E-state index in [0.717, 1.165) is 25.6 Å². The summed E-state index contributed by atoms with van der Waals surface area (Å²) in [6.07, 6.45) is 1.23. The summed E-state index contributed by atoms with van der Waals surface area (Å²) < 4.78 is 0. The van der Waals surface area contributed by atoms with Gasteiger partial charge in [0.15, 0.2) is 0 Å². The first-order valence-electron chi connectivity index (χ1n) is 7.06. The molecule has 0 aliphatic heterocycles. The molecule has 0 aliphatic carbocycles. The molecule has 0 amide bonds. The Morgan fingerprint density at radius 2 is 2.06 bits per heavy atom. The Morgan fingerprint density at radius 3 is 2.61 bits per heavy atom. The van der Waals surface area contributed by atoms with Gasteiger partial charge in [-0.2, -0.15) is 0 Å². The molecule has 1 N–H and O–H groups in total. The zero-order valence-electron chi connectivity index (χ0n) is 12.3. The Morgan fingerprint density at radius 1 is 1.28 bits per heavy atom. The van der Waals surface area contributed by atoms with Gasteiger partial charge in [0.2, 0.25) is 0 Å². The lowest BCUT2D eigenvalue weighted by Gasteiger charge is -2.26. The van der Waals surface area contributed by atoms with Gasteiger partial charge in [0.1, 0.15) is 0 Å². The van der Waals surface area contributed by atoms with Gasteiger partial charge in [-0.3, -0.25) is 4.90 Å². The lowest BCUT2D eigenvalue weighted by Crippen LogP contribution is -2.33. The van der Waals surface area contributed by atoms with Crippen molar-refractivity contribution in [2.45, 2.75) is 46.7 Å². The number of rotatable bonds is 9. The van der Waals surface area contributed by atoms with E-state index in [-0.39, 0.29) is 0 Å². The van der Waals surface area contributed by atoms with Crippen molar-refractivity contribution in [2.75, 3.05) is 19.6 Å².